The molecule has 2 saturated heterocycles. The third-order valence-corrected chi connectivity index (χ3v) is 8.12. The van der Waals surface area contributed by atoms with E-state index >= 15 is 0 Å². The molecule has 0 spiro atoms. The normalized spacial score (nSPS) is 32.2. The first kappa shape index (κ1) is 26.8. The molecule has 7 nitrogen and oxygen atoms in total. The molecular weight excluding hydrogens is 478 g/mol. The number of amides is 1. The first-order valence-electron chi connectivity index (χ1n) is 12.7. The maximum absolute atomic E-state index is 13.0. The number of nitrogens with zero attached hydrogens (tertiary/aromatic N) is 1. The number of hydrogen-bond acceptors (Lipinski definition) is 7. The largest absolute Gasteiger partial charge is 0.497 e. The highest BCUT2D eigenvalue weighted by Gasteiger charge is 2.54. The molecule has 4 rings (SSSR count). The molecule has 0 N–H and O–H groups in total. The molecule has 3 aliphatic heterocycles. The van der Waals surface area contributed by atoms with Gasteiger partial charge in [0.05, 0.1) is 19.3 Å². The fourth-order valence-electron chi connectivity index (χ4n) is 5.22. The van der Waals surface area contributed by atoms with E-state index in [4.69, 9.17) is 18.9 Å². The second kappa shape index (κ2) is 12.3. The van der Waals surface area contributed by atoms with Crippen LogP contribution in [0.1, 0.15) is 57.4 Å². The molecule has 0 radical (unpaired) electrons. The number of methoxy groups -OCH3 is 2. The molecular formula is C28H37NO6S. The van der Waals surface area contributed by atoms with Gasteiger partial charge in [-0.3, -0.25) is 4.79 Å². The lowest BCUT2D eigenvalue weighted by molar-refractivity contribution is -0.305. The Morgan fingerprint density at radius 1 is 1.11 bits per heavy atom. The summed E-state index contributed by atoms with van der Waals surface area (Å²) in [6, 6.07) is 7.42. The van der Waals surface area contributed by atoms with Crippen LogP contribution in [0.4, 0.5) is 4.79 Å². The quantitative estimate of drug-likeness (QED) is 0.371. The minimum absolute atomic E-state index is 0.00246. The summed E-state index contributed by atoms with van der Waals surface area (Å²) in [5.74, 6) is -0.0489. The molecule has 0 aromatic heterocycles. The van der Waals surface area contributed by atoms with Crippen molar-refractivity contribution < 1.29 is 28.5 Å². The summed E-state index contributed by atoms with van der Waals surface area (Å²) in [5, 5.41) is -0.00246. The van der Waals surface area contributed by atoms with E-state index in [-0.39, 0.29) is 29.5 Å². The molecule has 2 fully saturated rings. The number of ether oxygens (including phenoxy) is 4. The lowest BCUT2D eigenvalue weighted by Crippen LogP contribution is -2.60. The van der Waals surface area contributed by atoms with Gasteiger partial charge in [0.15, 0.2) is 5.79 Å². The van der Waals surface area contributed by atoms with Crippen LogP contribution in [-0.4, -0.2) is 60.1 Å². The van der Waals surface area contributed by atoms with Crippen molar-refractivity contribution in [2.24, 2.45) is 0 Å². The van der Waals surface area contributed by atoms with Crippen molar-refractivity contribution in [3.63, 3.8) is 0 Å². The molecule has 2 bridgehead atoms. The Morgan fingerprint density at radius 3 is 2.64 bits per heavy atom. The van der Waals surface area contributed by atoms with Gasteiger partial charge in [0.2, 0.25) is 0 Å². The van der Waals surface area contributed by atoms with Crippen LogP contribution in [-0.2, 0) is 25.5 Å². The van der Waals surface area contributed by atoms with Crippen molar-refractivity contribution in [2.45, 2.75) is 82.5 Å². The van der Waals surface area contributed by atoms with Crippen molar-refractivity contribution in [3.05, 3.63) is 53.6 Å². The average Bonchev–Trinajstić information content (AvgIpc) is 3.23. The van der Waals surface area contributed by atoms with Gasteiger partial charge in [-0.2, -0.15) is 0 Å². The fourth-order valence-corrected chi connectivity index (χ4v) is 6.31. The second-order valence-electron chi connectivity index (χ2n) is 9.75. The number of fused-ring (bicyclic) bond motifs is 2. The Morgan fingerprint density at radius 2 is 1.89 bits per heavy atom. The molecule has 196 valence electrons. The number of carbonyl (C=O) groups excluding carboxylic acids is 2. The van der Waals surface area contributed by atoms with Crippen molar-refractivity contribution >= 4 is 23.0 Å². The molecule has 4 atom stereocenters. The maximum atomic E-state index is 13.0. The zero-order chi connectivity index (χ0) is 25.5. The van der Waals surface area contributed by atoms with E-state index in [1.54, 1.807) is 20.3 Å². The minimum atomic E-state index is -1.05. The summed E-state index contributed by atoms with van der Waals surface area (Å²) in [4.78, 5) is 27.5. The van der Waals surface area contributed by atoms with Gasteiger partial charge < -0.3 is 23.8 Å². The van der Waals surface area contributed by atoms with Gasteiger partial charge in [0.25, 0.3) is 5.24 Å². The molecule has 0 saturated carbocycles. The lowest BCUT2D eigenvalue weighted by Gasteiger charge is -2.48. The number of benzene rings is 1. The van der Waals surface area contributed by atoms with Crippen LogP contribution in [0, 0.1) is 0 Å². The maximum Gasteiger partial charge on any atom is 0.330 e. The SMILES string of the molecule is COc1ccc(CN2C(=O)SC[C@H]2[C@@]2(OC)CC3C[C@@H](CCC/C=C/CC/C(C)=C\C(=O)O3)O2)cc1. The predicted molar refractivity (Wildman–Crippen MR) is 140 cm³/mol. The molecule has 1 aromatic rings. The molecule has 1 amide bonds. The number of hydrogen-bond donors (Lipinski definition) is 0. The van der Waals surface area contributed by atoms with Crippen molar-refractivity contribution in [2.75, 3.05) is 20.0 Å². The summed E-state index contributed by atoms with van der Waals surface area (Å²) < 4.78 is 24.0. The number of esters is 1. The third kappa shape index (κ3) is 6.52. The van der Waals surface area contributed by atoms with Gasteiger partial charge in [-0.05, 0) is 56.7 Å². The highest BCUT2D eigenvalue weighted by atomic mass is 32.2. The molecule has 0 aliphatic carbocycles. The summed E-state index contributed by atoms with van der Waals surface area (Å²) in [6.07, 6.45) is 11.1. The van der Waals surface area contributed by atoms with E-state index in [1.165, 1.54) is 11.8 Å². The summed E-state index contributed by atoms with van der Waals surface area (Å²) in [7, 11) is 3.26. The van der Waals surface area contributed by atoms with Gasteiger partial charge in [-0.25, -0.2) is 4.79 Å². The van der Waals surface area contributed by atoms with E-state index in [2.05, 4.69) is 12.2 Å². The highest BCUT2D eigenvalue weighted by Crippen LogP contribution is 2.43. The first-order chi connectivity index (χ1) is 17.4. The number of allylic oxidation sites excluding steroid dienone is 3. The molecule has 8 heteroatoms. The van der Waals surface area contributed by atoms with Gasteiger partial charge >= 0.3 is 5.97 Å². The summed E-state index contributed by atoms with van der Waals surface area (Å²) in [6.45, 7) is 2.41. The molecule has 3 aliphatic rings. The Bertz CT molecular complexity index is 977. The number of carbonyl (C=O) groups is 2. The number of thioether (sulfide) groups is 1. The van der Waals surface area contributed by atoms with Crippen LogP contribution < -0.4 is 4.74 Å². The van der Waals surface area contributed by atoms with E-state index in [1.807, 2.05) is 36.1 Å². The molecule has 1 unspecified atom stereocenters. The van der Waals surface area contributed by atoms with E-state index in [9.17, 15) is 9.59 Å². The Labute approximate surface area is 218 Å². The zero-order valence-electron chi connectivity index (χ0n) is 21.4. The molecule has 3 heterocycles. The van der Waals surface area contributed by atoms with Gasteiger partial charge in [-0.15, -0.1) is 0 Å². The van der Waals surface area contributed by atoms with Crippen molar-refractivity contribution in [3.8, 4) is 5.75 Å². The smallest absolute Gasteiger partial charge is 0.330 e. The van der Waals surface area contributed by atoms with Crippen LogP contribution in [0.25, 0.3) is 0 Å². The second-order valence-corrected chi connectivity index (χ2v) is 10.7. The van der Waals surface area contributed by atoms with E-state index < -0.39 is 5.79 Å². The first-order valence-corrected chi connectivity index (χ1v) is 13.7. The standard InChI is InChI=1S/C28H37NO6S/c1-20-9-7-5-4-6-8-10-23-16-24(34-26(30)15-20)17-28(33-3,35-23)25-19-36-27(31)29(25)18-21-11-13-22(32-2)14-12-21/h4-5,11-15,23-25H,6-10,16-19H2,1-3H3/b5-4+,20-15-/t23-,24?,25+,28-/m1/s1. The summed E-state index contributed by atoms with van der Waals surface area (Å²) >= 11 is 1.28. The fraction of sp³-hybridized carbons (Fsp3) is 0.571. The van der Waals surface area contributed by atoms with Gasteiger partial charge in [0, 0.05) is 38.3 Å². The minimum Gasteiger partial charge on any atom is -0.497 e. The molecule has 36 heavy (non-hydrogen) atoms. The molecule has 1 aromatic carbocycles. The zero-order valence-corrected chi connectivity index (χ0v) is 22.3. The Kier molecular flexibility index (Phi) is 9.14. The van der Waals surface area contributed by atoms with Crippen molar-refractivity contribution in [1.29, 1.82) is 0 Å². The van der Waals surface area contributed by atoms with Gasteiger partial charge in [-0.1, -0.05) is 41.6 Å². The predicted octanol–water partition coefficient (Wildman–Crippen LogP) is 5.63. The van der Waals surface area contributed by atoms with Gasteiger partial charge in [0.1, 0.15) is 11.9 Å². The van der Waals surface area contributed by atoms with E-state index in [0.29, 0.717) is 25.1 Å². The van der Waals surface area contributed by atoms with Crippen LogP contribution in [0.2, 0.25) is 0 Å². The number of rotatable bonds is 5. The summed E-state index contributed by atoms with van der Waals surface area (Å²) in [5.41, 5.74) is 2.01. The van der Waals surface area contributed by atoms with E-state index in [0.717, 1.165) is 49.0 Å². The third-order valence-electron chi connectivity index (χ3n) is 7.16. The topological polar surface area (TPSA) is 74.3 Å². The van der Waals surface area contributed by atoms with Crippen LogP contribution >= 0.6 is 11.8 Å². The van der Waals surface area contributed by atoms with Crippen LogP contribution in [0.15, 0.2) is 48.1 Å². The monoisotopic (exact) mass is 515 g/mol. The van der Waals surface area contributed by atoms with Crippen LogP contribution in [0.5, 0.6) is 5.75 Å². The Hall–Kier alpha value is -2.29. The average molecular weight is 516 g/mol. The lowest BCUT2D eigenvalue weighted by atomic mass is 9.90. The van der Waals surface area contributed by atoms with Crippen LogP contribution in [0.3, 0.4) is 0 Å². The highest BCUT2D eigenvalue weighted by molar-refractivity contribution is 8.13. The van der Waals surface area contributed by atoms with Crippen molar-refractivity contribution in [1.82, 2.24) is 4.90 Å². The Balaban J connectivity index is 1.58.